The lowest BCUT2D eigenvalue weighted by atomic mass is 10.1. The van der Waals surface area contributed by atoms with Crippen LogP contribution in [0.15, 0.2) is 48.9 Å². The highest BCUT2D eigenvalue weighted by molar-refractivity contribution is 5.90. The van der Waals surface area contributed by atoms with Crippen molar-refractivity contribution < 1.29 is 14.6 Å². The number of carbonyl (C=O) groups is 1. The first kappa shape index (κ1) is 16.4. The molecule has 2 N–H and O–H groups in total. The highest BCUT2D eigenvalue weighted by atomic mass is 16.5. The Labute approximate surface area is 144 Å². The Morgan fingerprint density at radius 2 is 1.72 bits per heavy atom. The molecule has 0 aliphatic rings. The molecule has 0 bridgehead atoms. The number of nitrogens with one attached hydrogen (secondary N) is 1. The molecule has 25 heavy (non-hydrogen) atoms. The SMILES string of the molecule is COc1ccc(-c2cnc(Nc3cnc(C)c(C(=O)O)c3)nc2)cc1. The second kappa shape index (κ2) is 6.96. The van der Waals surface area contributed by atoms with Crippen molar-refractivity contribution in [2.75, 3.05) is 12.4 Å². The maximum absolute atomic E-state index is 11.2. The number of methoxy groups -OCH3 is 1. The second-order valence-corrected chi connectivity index (χ2v) is 5.31. The monoisotopic (exact) mass is 336 g/mol. The normalized spacial score (nSPS) is 10.3. The fourth-order valence-corrected chi connectivity index (χ4v) is 2.27. The van der Waals surface area contributed by atoms with Crippen molar-refractivity contribution in [3.63, 3.8) is 0 Å². The van der Waals surface area contributed by atoms with Crippen LogP contribution in [0.2, 0.25) is 0 Å². The minimum Gasteiger partial charge on any atom is -0.497 e. The van der Waals surface area contributed by atoms with E-state index in [2.05, 4.69) is 20.3 Å². The third-order valence-electron chi connectivity index (χ3n) is 3.65. The van der Waals surface area contributed by atoms with E-state index in [-0.39, 0.29) is 5.56 Å². The van der Waals surface area contributed by atoms with Crippen molar-refractivity contribution in [3.05, 3.63) is 60.2 Å². The molecule has 2 heterocycles. The van der Waals surface area contributed by atoms with Crippen LogP contribution in [0.25, 0.3) is 11.1 Å². The van der Waals surface area contributed by atoms with Crippen LogP contribution in [0, 0.1) is 6.92 Å². The number of carboxylic acids is 1. The van der Waals surface area contributed by atoms with Gasteiger partial charge in [0.05, 0.1) is 30.3 Å². The standard InChI is InChI=1S/C18H16N4O3/c1-11-16(17(23)24)7-14(10-19-11)22-18-20-8-13(9-21-18)12-3-5-15(25-2)6-4-12/h3-10H,1-2H3,(H,23,24)(H,20,21,22). The molecule has 0 saturated heterocycles. The van der Waals surface area contributed by atoms with Crippen LogP contribution in [0.5, 0.6) is 5.75 Å². The number of rotatable bonds is 5. The maximum atomic E-state index is 11.2. The molecule has 3 aromatic rings. The van der Waals surface area contributed by atoms with E-state index in [1.165, 1.54) is 6.07 Å². The first-order valence-electron chi connectivity index (χ1n) is 7.50. The van der Waals surface area contributed by atoms with Gasteiger partial charge in [0.25, 0.3) is 0 Å². The van der Waals surface area contributed by atoms with E-state index in [9.17, 15) is 4.79 Å². The van der Waals surface area contributed by atoms with Crippen molar-refractivity contribution in [2.45, 2.75) is 6.92 Å². The number of pyridine rings is 1. The molecule has 0 unspecified atom stereocenters. The number of hydrogen-bond acceptors (Lipinski definition) is 6. The molecule has 0 spiro atoms. The first-order valence-corrected chi connectivity index (χ1v) is 7.50. The average Bonchev–Trinajstić information content (AvgIpc) is 2.64. The van der Waals surface area contributed by atoms with Crippen LogP contribution in [-0.4, -0.2) is 33.1 Å². The lowest BCUT2D eigenvalue weighted by Gasteiger charge is -2.08. The van der Waals surface area contributed by atoms with Crippen molar-refractivity contribution in [1.82, 2.24) is 15.0 Å². The fourth-order valence-electron chi connectivity index (χ4n) is 2.27. The minimum absolute atomic E-state index is 0.139. The molecule has 7 nitrogen and oxygen atoms in total. The van der Waals surface area contributed by atoms with Gasteiger partial charge in [-0.1, -0.05) is 12.1 Å². The third kappa shape index (κ3) is 3.72. The zero-order valence-electron chi connectivity index (χ0n) is 13.7. The summed E-state index contributed by atoms with van der Waals surface area (Å²) >= 11 is 0. The molecule has 0 aliphatic heterocycles. The summed E-state index contributed by atoms with van der Waals surface area (Å²) in [6, 6.07) is 9.09. The van der Waals surface area contributed by atoms with Crippen LogP contribution < -0.4 is 10.1 Å². The number of aromatic nitrogens is 3. The Hall–Kier alpha value is -3.48. The van der Waals surface area contributed by atoms with E-state index < -0.39 is 5.97 Å². The van der Waals surface area contributed by atoms with E-state index >= 15 is 0 Å². The van der Waals surface area contributed by atoms with Crippen molar-refractivity contribution >= 4 is 17.6 Å². The summed E-state index contributed by atoms with van der Waals surface area (Å²) in [5.74, 6) is 0.118. The second-order valence-electron chi connectivity index (χ2n) is 5.31. The highest BCUT2D eigenvalue weighted by Crippen LogP contribution is 2.22. The van der Waals surface area contributed by atoms with Crippen molar-refractivity contribution in [1.29, 1.82) is 0 Å². The highest BCUT2D eigenvalue weighted by Gasteiger charge is 2.10. The summed E-state index contributed by atoms with van der Waals surface area (Å²) in [7, 11) is 1.62. The predicted molar refractivity (Wildman–Crippen MR) is 93.2 cm³/mol. The lowest BCUT2D eigenvalue weighted by Crippen LogP contribution is -2.04. The zero-order chi connectivity index (χ0) is 17.8. The summed E-state index contributed by atoms with van der Waals surface area (Å²) in [4.78, 5) is 23.8. The smallest absolute Gasteiger partial charge is 0.337 e. The molecule has 0 radical (unpaired) electrons. The van der Waals surface area contributed by atoms with Crippen molar-refractivity contribution in [2.24, 2.45) is 0 Å². The van der Waals surface area contributed by atoms with E-state index in [1.54, 1.807) is 32.6 Å². The van der Waals surface area contributed by atoms with E-state index in [0.29, 0.717) is 17.3 Å². The van der Waals surface area contributed by atoms with Gasteiger partial charge in [-0.3, -0.25) is 4.98 Å². The van der Waals surface area contributed by atoms with Gasteiger partial charge in [0, 0.05) is 18.0 Å². The fraction of sp³-hybridized carbons (Fsp3) is 0.111. The number of aryl methyl sites for hydroxylation is 1. The van der Waals surface area contributed by atoms with Gasteiger partial charge < -0.3 is 15.2 Å². The molecule has 1 aromatic carbocycles. The predicted octanol–water partition coefficient (Wildman–Crippen LogP) is 3.30. The van der Waals surface area contributed by atoms with Crippen LogP contribution in [0.1, 0.15) is 16.1 Å². The number of nitrogens with zero attached hydrogens (tertiary/aromatic N) is 3. The number of carboxylic acid groups (broad SMARTS) is 1. The zero-order valence-corrected chi connectivity index (χ0v) is 13.7. The molecule has 0 saturated carbocycles. The summed E-state index contributed by atoms with van der Waals surface area (Å²) < 4.78 is 5.14. The lowest BCUT2D eigenvalue weighted by molar-refractivity contribution is 0.0695. The first-order chi connectivity index (χ1) is 12.1. The van der Waals surface area contributed by atoms with Crippen LogP contribution in [-0.2, 0) is 0 Å². The van der Waals surface area contributed by atoms with E-state index in [0.717, 1.165) is 16.9 Å². The molecule has 126 valence electrons. The number of anilines is 2. The van der Waals surface area contributed by atoms with Gasteiger partial charge >= 0.3 is 5.97 Å². The van der Waals surface area contributed by atoms with Gasteiger partial charge in [0.2, 0.25) is 5.95 Å². The van der Waals surface area contributed by atoms with Crippen LogP contribution in [0.4, 0.5) is 11.6 Å². The summed E-state index contributed by atoms with van der Waals surface area (Å²) in [6.45, 7) is 1.65. The van der Waals surface area contributed by atoms with E-state index in [1.807, 2.05) is 24.3 Å². The van der Waals surface area contributed by atoms with Crippen LogP contribution >= 0.6 is 0 Å². The molecular weight excluding hydrogens is 320 g/mol. The van der Waals surface area contributed by atoms with Crippen LogP contribution in [0.3, 0.4) is 0 Å². The average molecular weight is 336 g/mol. The van der Waals surface area contributed by atoms with E-state index in [4.69, 9.17) is 9.84 Å². The van der Waals surface area contributed by atoms with Gasteiger partial charge in [-0.25, -0.2) is 14.8 Å². The summed E-state index contributed by atoms with van der Waals surface area (Å²) in [5, 5.41) is 12.1. The minimum atomic E-state index is -1.02. The molecule has 0 atom stereocenters. The molecule has 0 fully saturated rings. The third-order valence-corrected chi connectivity index (χ3v) is 3.65. The van der Waals surface area contributed by atoms with Gasteiger partial charge in [-0.2, -0.15) is 0 Å². The summed E-state index contributed by atoms with van der Waals surface area (Å²) in [5.41, 5.74) is 2.94. The number of hydrogen-bond donors (Lipinski definition) is 2. The largest absolute Gasteiger partial charge is 0.497 e. The quantitative estimate of drug-likeness (QED) is 0.737. The Balaban J connectivity index is 1.78. The molecular formula is C18H16N4O3. The molecule has 0 aliphatic carbocycles. The van der Waals surface area contributed by atoms with Gasteiger partial charge in [-0.15, -0.1) is 0 Å². The Morgan fingerprint density at radius 3 is 2.32 bits per heavy atom. The Kier molecular flexibility index (Phi) is 4.56. The molecule has 2 aromatic heterocycles. The van der Waals surface area contributed by atoms with Gasteiger partial charge in [0.1, 0.15) is 5.75 Å². The van der Waals surface area contributed by atoms with Crippen molar-refractivity contribution in [3.8, 4) is 16.9 Å². The number of ether oxygens (including phenoxy) is 1. The molecule has 3 rings (SSSR count). The molecule has 0 amide bonds. The summed E-state index contributed by atoms with van der Waals surface area (Å²) in [6.07, 6.45) is 4.93. The molecule has 7 heteroatoms. The topological polar surface area (TPSA) is 97.2 Å². The Bertz CT molecular complexity index is 893. The number of benzene rings is 1. The van der Waals surface area contributed by atoms with Gasteiger partial charge in [-0.05, 0) is 30.7 Å². The number of aromatic carboxylic acids is 1. The van der Waals surface area contributed by atoms with Gasteiger partial charge in [0.15, 0.2) is 0 Å². The maximum Gasteiger partial charge on any atom is 0.337 e. The Morgan fingerprint density at radius 1 is 1.04 bits per heavy atom.